The van der Waals surface area contributed by atoms with Crippen LogP contribution in [0.4, 0.5) is 0 Å². The second kappa shape index (κ2) is 2.13. The summed E-state index contributed by atoms with van der Waals surface area (Å²) in [5.41, 5.74) is 0. The third-order valence-electron chi connectivity index (χ3n) is 0.636. The lowest BCUT2D eigenvalue weighted by molar-refractivity contribution is -0.475. The highest BCUT2D eigenvalue weighted by Gasteiger charge is 2.21. The Bertz CT molecular complexity index is 135. The van der Waals surface area contributed by atoms with Crippen LogP contribution in [0, 0.1) is 16.0 Å². The van der Waals surface area contributed by atoms with E-state index >= 15 is 0 Å². The summed E-state index contributed by atoms with van der Waals surface area (Å²) in [4.78, 5) is 12.9. The Kier molecular flexibility index (Phi) is 1.48. The maximum atomic E-state index is 9.86. The Morgan fingerprint density at radius 3 is 3.00 bits per heavy atom. The van der Waals surface area contributed by atoms with E-state index in [1.165, 1.54) is 6.21 Å². The lowest BCUT2D eigenvalue weighted by Gasteiger charge is -1.90. The highest BCUT2D eigenvalue weighted by atomic mass is 32.2. The third-order valence-corrected chi connectivity index (χ3v) is 1.38. The van der Waals surface area contributed by atoms with Crippen LogP contribution in [0.2, 0.25) is 0 Å². The van der Waals surface area contributed by atoms with E-state index in [9.17, 15) is 10.1 Å². The fourth-order valence-corrected chi connectivity index (χ4v) is 0.744. The summed E-state index contributed by atoms with van der Waals surface area (Å²) in [6.45, 7) is 0. The van der Waals surface area contributed by atoms with E-state index in [1.54, 1.807) is 0 Å². The van der Waals surface area contributed by atoms with E-state index in [0.29, 0.717) is 0 Å². The van der Waals surface area contributed by atoms with Gasteiger partial charge in [-0.3, -0.25) is 15.1 Å². The van der Waals surface area contributed by atoms with Crippen LogP contribution in [0.3, 0.4) is 0 Å². The van der Waals surface area contributed by atoms with Gasteiger partial charge in [0.2, 0.25) is 0 Å². The first-order valence-corrected chi connectivity index (χ1v) is 2.76. The summed E-state index contributed by atoms with van der Waals surface area (Å²) >= 11 is 0.979. The molecule has 0 aromatic heterocycles. The molecule has 0 aliphatic carbocycles. The van der Waals surface area contributed by atoms with Gasteiger partial charge in [0.1, 0.15) is 0 Å². The van der Waals surface area contributed by atoms with E-state index in [1.807, 2.05) is 0 Å². The fraction of sp³-hybridized carbons (Fsp3) is 0.333. The van der Waals surface area contributed by atoms with Gasteiger partial charge in [-0.05, 0) is 11.8 Å². The molecule has 1 heterocycles. The maximum Gasteiger partial charge on any atom is 0.295 e. The summed E-state index contributed by atoms with van der Waals surface area (Å²) in [5, 5.41) is 9.16. The molecule has 1 aliphatic rings. The Balaban J connectivity index is 2.48. The Hall–Kier alpha value is -0.580. The van der Waals surface area contributed by atoms with Crippen LogP contribution in [0.25, 0.3) is 0 Å². The average Bonchev–Trinajstić information content (AvgIpc) is 2.12. The zero-order chi connectivity index (χ0) is 5.98. The Labute approximate surface area is 50.1 Å². The van der Waals surface area contributed by atoms with Crippen LogP contribution >= 0.6 is 11.8 Å². The van der Waals surface area contributed by atoms with Crippen molar-refractivity contribution in [2.75, 3.05) is 0 Å². The zero-order valence-electron chi connectivity index (χ0n) is 3.77. The van der Waals surface area contributed by atoms with Crippen molar-refractivity contribution in [1.82, 2.24) is 0 Å². The lowest BCUT2D eigenvalue weighted by atomic mass is 10.7. The van der Waals surface area contributed by atoms with Gasteiger partial charge in [0.05, 0.1) is 6.21 Å². The molecule has 0 saturated heterocycles. The summed E-state index contributed by atoms with van der Waals surface area (Å²) < 4.78 is 0. The molecule has 0 saturated carbocycles. The van der Waals surface area contributed by atoms with Crippen LogP contribution in [-0.4, -0.2) is 16.5 Å². The van der Waals surface area contributed by atoms with Crippen molar-refractivity contribution in [3.63, 3.8) is 0 Å². The largest absolute Gasteiger partial charge is 0.295 e. The van der Waals surface area contributed by atoms with Crippen molar-refractivity contribution < 1.29 is 4.92 Å². The molecular weight excluding hydrogens is 128 g/mol. The SMILES string of the molecule is O=[N+]([O-])C1C=N[C]S1. The maximum absolute atomic E-state index is 9.86. The lowest BCUT2D eigenvalue weighted by Crippen LogP contribution is -2.12. The van der Waals surface area contributed by atoms with Gasteiger partial charge < -0.3 is 0 Å². The molecule has 1 rings (SSSR count). The minimum atomic E-state index is -0.699. The number of nitrogens with zero attached hydrogens (tertiary/aromatic N) is 2. The monoisotopic (exact) mass is 130 g/mol. The standard InChI is InChI=1S/C3H2N2O2S/c6-5(7)3-1-4-2-8-3/h1,3H. The second-order valence-electron chi connectivity index (χ2n) is 1.16. The van der Waals surface area contributed by atoms with Crippen molar-refractivity contribution in [3.8, 4) is 0 Å². The summed E-state index contributed by atoms with van der Waals surface area (Å²) in [6.07, 6.45) is 1.25. The smallest absolute Gasteiger partial charge is 0.264 e. The molecule has 1 unspecified atom stereocenters. The molecule has 4 nitrogen and oxygen atoms in total. The van der Waals surface area contributed by atoms with Crippen molar-refractivity contribution in [1.29, 1.82) is 0 Å². The molecule has 0 fully saturated rings. The van der Waals surface area contributed by atoms with Gasteiger partial charge in [0, 0.05) is 4.92 Å². The van der Waals surface area contributed by atoms with E-state index in [0.717, 1.165) is 11.8 Å². The topological polar surface area (TPSA) is 55.5 Å². The summed E-state index contributed by atoms with van der Waals surface area (Å²) in [6, 6.07) is 0. The fourth-order valence-electron chi connectivity index (χ4n) is 0.307. The minimum absolute atomic E-state index is 0.409. The van der Waals surface area contributed by atoms with Gasteiger partial charge in [-0.1, -0.05) is 0 Å². The number of nitro groups is 1. The first kappa shape index (κ1) is 5.55. The van der Waals surface area contributed by atoms with E-state index in [2.05, 4.69) is 10.9 Å². The molecule has 0 bridgehead atoms. The summed E-state index contributed by atoms with van der Waals surface area (Å²) in [5.74, 6) is 2.40. The van der Waals surface area contributed by atoms with Gasteiger partial charge in [-0.2, -0.15) is 0 Å². The van der Waals surface area contributed by atoms with Gasteiger partial charge in [0.25, 0.3) is 5.37 Å². The highest BCUT2D eigenvalue weighted by Crippen LogP contribution is 2.19. The number of hydrogen-bond acceptors (Lipinski definition) is 4. The number of hydrogen-bond donors (Lipinski definition) is 0. The first-order chi connectivity index (χ1) is 3.80. The van der Waals surface area contributed by atoms with Crippen LogP contribution in [0.15, 0.2) is 4.99 Å². The second-order valence-corrected chi connectivity index (χ2v) is 2.06. The van der Waals surface area contributed by atoms with Crippen LogP contribution < -0.4 is 0 Å². The molecular formula is C3H2N2O2S. The molecule has 0 aromatic carbocycles. The van der Waals surface area contributed by atoms with Crippen molar-refractivity contribution in [3.05, 3.63) is 16.0 Å². The van der Waals surface area contributed by atoms with Gasteiger partial charge >= 0.3 is 0 Å². The predicted molar refractivity (Wildman–Crippen MR) is 30.1 cm³/mol. The minimum Gasteiger partial charge on any atom is -0.264 e. The zero-order valence-corrected chi connectivity index (χ0v) is 4.59. The Morgan fingerprint density at radius 1 is 2.00 bits per heavy atom. The predicted octanol–water partition coefficient (Wildman–Crippen LogP) is 0.403. The number of thioether (sulfide) groups is 1. The normalized spacial score (nSPS) is 26.2. The molecule has 42 valence electrons. The Morgan fingerprint density at radius 2 is 2.75 bits per heavy atom. The van der Waals surface area contributed by atoms with Crippen LogP contribution in [0.1, 0.15) is 0 Å². The first-order valence-electron chi connectivity index (χ1n) is 1.88. The molecule has 2 radical (unpaired) electrons. The summed E-state index contributed by atoms with van der Waals surface area (Å²) in [7, 11) is 0. The van der Waals surface area contributed by atoms with Gasteiger partial charge in [0.15, 0.2) is 5.88 Å². The molecule has 1 aliphatic heterocycles. The highest BCUT2D eigenvalue weighted by molar-refractivity contribution is 8.02. The van der Waals surface area contributed by atoms with Crippen LogP contribution in [0.5, 0.6) is 0 Å². The van der Waals surface area contributed by atoms with Crippen molar-refractivity contribution >= 4 is 18.0 Å². The average molecular weight is 130 g/mol. The molecule has 1 atom stereocenters. The molecule has 0 N–H and O–H groups in total. The van der Waals surface area contributed by atoms with Crippen molar-refractivity contribution in [2.24, 2.45) is 4.99 Å². The molecule has 0 amide bonds. The molecule has 8 heavy (non-hydrogen) atoms. The van der Waals surface area contributed by atoms with E-state index in [4.69, 9.17) is 0 Å². The number of rotatable bonds is 1. The van der Waals surface area contributed by atoms with Gasteiger partial charge in [-0.25, -0.2) is 0 Å². The third kappa shape index (κ3) is 0.975. The van der Waals surface area contributed by atoms with Crippen LogP contribution in [-0.2, 0) is 0 Å². The quantitative estimate of drug-likeness (QED) is 0.381. The number of aliphatic imine (C=N–C) groups is 1. The van der Waals surface area contributed by atoms with Gasteiger partial charge in [-0.15, -0.1) is 0 Å². The molecule has 0 aromatic rings. The van der Waals surface area contributed by atoms with Crippen molar-refractivity contribution in [2.45, 2.75) is 5.37 Å². The molecule has 5 heteroatoms. The van der Waals surface area contributed by atoms with E-state index in [-0.39, 0.29) is 0 Å². The molecule has 0 spiro atoms. The van der Waals surface area contributed by atoms with E-state index < -0.39 is 10.3 Å².